The van der Waals surface area contributed by atoms with Gasteiger partial charge >= 0.3 is 0 Å². The summed E-state index contributed by atoms with van der Waals surface area (Å²) >= 11 is 5.85. The van der Waals surface area contributed by atoms with Gasteiger partial charge in [-0.05, 0) is 23.7 Å². The van der Waals surface area contributed by atoms with E-state index < -0.39 is 0 Å². The molecule has 4 aromatic rings. The van der Waals surface area contributed by atoms with Gasteiger partial charge in [0.1, 0.15) is 5.52 Å². The van der Waals surface area contributed by atoms with Gasteiger partial charge in [0.25, 0.3) is 5.89 Å². The van der Waals surface area contributed by atoms with E-state index in [9.17, 15) is 4.79 Å². The molecule has 11 heteroatoms. The van der Waals surface area contributed by atoms with Crippen molar-refractivity contribution in [3.05, 3.63) is 47.8 Å². The van der Waals surface area contributed by atoms with Crippen molar-refractivity contribution in [2.75, 3.05) is 11.9 Å². The molecule has 136 valence electrons. The zero-order valence-corrected chi connectivity index (χ0v) is 14.6. The maximum atomic E-state index is 12.1. The number of nitrogens with zero attached hydrogens (tertiary/aromatic N) is 5. The predicted octanol–water partition coefficient (Wildman–Crippen LogP) is 1.78. The van der Waals surface area contributed by atoms with Crippen LogP contribution in [0.3, 0.4) is 0 Å². The molecule has 0 fully saturated rings. The lowest BCUT2D eigenvalue weighted by atomic mass is 10.2. The molecule has 0 atom stereocenters. The Hall–Kier alpha value is -3.53. The SMILES string of the molecule is O=C(CNc1nc(Cl)nc2nc[nH]c12)NCc1noc(-c2ccccc2)n1. The molecule has 0 unspecified atom stereocenters. The Morgan fingerprint density at radius 3 is 2.89 bits per heavy atom. The minimum Gasteiger partial charge on any atom is -0.359 e. The van der Waals surface area contributed by atoms with Crippen LogP contribution >= 0.6 is 11.6 Å². The van der Waals surface area contributed by atoms with Crippen molar-refractivity contribution in [1.29, 1.82) is 0 Å². The first-order valence-electron chi connectivity index (χ1n) is 7.94. The summed E-state index contributed by atoms with van der Waals surface area (Å²) in [4.78, 5) is 31.2. The summed E-state index contributed by atoms with van der Waals surface area (Å²) in [6.45, 7) is 0.117. The Labute approximate surface area is 157 Å². The fourth-order valence-corrected chi connectivity index (χ4v) is 2.53. The van der Waals surface area contributed by atoms with Crippen molar-refractivity contribution in [3.8, 4) is 11.5 Å². The van der Waals surface area contributed by atoms with E-state index in [1.807, 2.05) is 30.3 Å². The van der Waals surface area contributed by atoms with E-state index in [4.69, 9.17) is 16.1 Å². The number of aromatic amines is 1. The van der Waals surface area contributed by atoms with Crippen LogP contribution in [0.15, 0.2) is 41.2 Å². The van der Waals surface area contributed by atoms with Crippen molar-refractivity contribution in [2.45, 2.75) is 6.54 Å². The number of imidazole rings is 1. The number of halogens is 1. The number of amides is 1. The average Bonchev–Trinajstić information content (AvgIpc) is 3.34. The molecule has 1 aromatic carbocycles. The zero-order valence-electron chi connectivity index (χ0n) is 13.8. The van der Waals surface area contributed by atoms with Crippen molar-refractivity contribution >= 4 is 34.5 Å². The molecule has 4 rings (SSSR count). The predicted molar refractivity (Wildman–Crippen MR) is 96.8 cm³/mol. The summed E-state index contributed by atoms with van der Waals surface area (Å²) < 4.78 is 5.19. The largest absolute Gasteiger partial charge is 0.359 e. The van der Waals surface area contributed by atoms with Crippen molar-refractivity contribution < 1.29 is 9.32 Å². The summed E-state index contributed by atoms with van der Waals surface area (Å²) in [6, 6.07) is 9.38. The lowest BCUT2D eigenvalue weighted by Gasteiger charge is -2.06. The second kappa shape index (κ2) is 7.38. The highest BCUT2D eigenvalue weighted by Gasteiger charge is 2.12. The van der Waals surface area contributed by atoms with Gasteiger partial charge < -0.3 is 20.1 Å². The van der Waals surface area contributed by atoms with Gasteiger partial charge in [-0.1, -0.05) is 23.4 Å². The number of fused-ring (bicyclic) bond motifs is 1. The van der Waals surface area contributed by atoms with Gasteiger partial charge in [-0.15, -0.1) is 0 Å². The van der Waals surface area contributed by atoms with E-state index in [-0.39, 0.29) is 24.3 Å². The highest BCUT2D eigenvalue weighted by atomic mass is 35.5. The third kappa shape index (κ3) is 3.85. The van der Waals surface area contributed by atoms with Gasteiger partial charge in [0.05, 0.1) is 19.4 Å². The molecule has 0 aliphatic carbocycles. The van der Waals surface area contributed by atoms with Gasteiger partial charge in [-0.2, -0.15) is 15.0 Å². The molecule has 0 saturated heterocycles. The van der Waals surface area contributed by atoms with E-state index in [0.717, 1.165) is 5.56 Å². The third-order valence-electron chi connectivity index (χ3n) is 3.61. The van der Waals surface area contributed by atoms with Gasteiger partial charge in [-0.3, -0.25) is 4.79 Å². The van der Waals surface area contributed by atoms with Gasteiger partial charge in [0.2, 0.25) is 11.2 Å². The normalized spacial score (nSPS) is 10.9. The molecule has 0 aliphatic heterocycles. The van der Waals surface area contributed by atoms with Crippen LogP contribution in [0.4, 0.5) is 5.82 Å². The second-order valence-electron chi connectivity index (χ2n) is 5.45. The molecule has 27 heavy (non-hydrogen) atoms. The number of hydrogen-bond donors (Lipinski definition) is 3. The molecule has 1 amide bonds. The minimum atomic E-state index is -0.275. The molecular weight excluding hydrogens is 372 g/mol. The second-order valence-corrected chi connectivity index (χ2v) is 5.79. The van der Waals surface area contributed by atoms with E-state index >= 15 is 0 Å². The van der Waals surface area contributed by atoms with Crippen LogP contribution in [0.1, 0.15) is 5.82 Å². The Balaban J connectivity index is 1.34. The fourth-order valence-electron chi connectivity index (χ4n) is 2.36. The summed E-state index contributed by atoms with van der Waals surface area (Å²) in [6.07, 6.45) is 1.47. The number of benzene rings is 1. The fraction of sp³-hybridized carbons (Fsp3) is 0.125. The van der Waals surface area contributed by atoms with Crippen LogP contribution < -0.4 is 10.6 Å². The van der Waals surface area contributed by atoms with Crippen LogP contribution in [-0.2, 0) is 11.3 Å². The Morgan fingerprint density at radius 1 is 1.19 bits per heavy atom. The summed E-state index contributed by atoms with van der Waals surface area (Å²) in [7, 11) is 0. The number of aromatic nitrogens is 6. The molecule has 0 spiro atoms. The summed E-state index contributed by atoms with van der Waals surface area (Å²) in [5.74, 6) is 0.894. The van der Waals surface area contributed by atoms with Gasteiger partial charge in [-0.25, -0.2) is 4.98 Å². The monoisotopic (exact) mass is 384 g/mol. The lowest BCUT2D eigenvalue weighted by molar-refractivity contribution is -0.119. The maximum Gasteiger partial charge on any atom is 0.257 e. The van der Waals surface area contributed by atoms with E-state index in [0.29, 0.717) is 28.7 Å². The van der Waals surface area contributed by atoms with Crippen molar-refractivity contribution in [3.63, 3.8) is 0 Å². The Morgan fingerprint density at radius 2 is 2.04 bits per heavy atom. The van der Waals surface area contributed by atoms with Crippen LogP contribution in [0.25, 0.3) is 22.6 Å². The van der Waals surface area contributed by atoms with Crippen molar-refractivity contribution in [2.24, 2.45) is 0 Å². The molecule has 3 N–H and O–H groups in total. The molecule has 0 radical (unpaired) electrons. The van der Waals surface area contributed by atoms with Gasteiger partial charge in [0.15, 0.2) is 17.3 Å². The molecule has 0 bridgehead atoms. The number of nitrogens with one attached hydrogen (secondary N) is 3. The molecular formula is C16H13ClN8O2. The number of hydrogen-bond acceptors (Lipinski definition) is 8. The van der Waals surface area contributed by atoms with Gasteiger partial charge in [0, 0.05) is 5.56 Å². The number of rotatable bonds is 6. The molecule has 10 nitrogen and oxygen atoms in total. The van der Waals surface area contributed by atoms with Crippen molar-refractivity contribution in [1.82, 2.24) is 35.4 Å². The maximum absolute atomic E-state index is 12.1. The standard InChI is InChI=1S/C16H13ClN8O2/c17-16-23-13(12-14(24-16)21-8-20-12)19-7-11(26)18-6-10-22-15(27-25-10)9-4-2-1-3-5-9/h1-5,8H,6-7H2,(H,18,26)(H2,19,20,21,23,24). The first-order chi connectivity index (χ1) is 13.2. The van der Waals surface area contributed by atoms with Crippen LogP contribution in [0, 0.1) is 0 Å². The molecule has 0 aliphatic rings. The van der Waals surface area contributed by atoms with E-state index in [1.165, 1.54) is 6.33 Å². The highest BCUT2D eigenvalue weighted by molar-refractivity contribution is 6.28. The average molecular weight is 385 g/mol. The number of anilines is 1. The zero-order chi connectivity index (χ0) is 18.6. The number of carbonyl (C=O) groups is 1. The number of H-pyrrole nitrogens is 1. The van der Waals surface area contributed by atoms with E-state index in [2.05, 4.69) is 40.7 Å². The quantitative estimate of drug-likeness (QED) is 0.428. The molecule has 0 saturated carbocycles. The Kier molecular flexibility index (Phi) is 4.62. The highest BCUT2D eigenvalue weighted by Crippen LogP contribution is 2.18. The lowest BCUT2D eigenvalue weighted by Crippen LogP contribution is -2.30. The smallest absolute Gasteiger partial charge is 0.257 e. The molecule has 3 heterocycles. The van der Waals surface area contributed by atoms with Crippen LogP contribution in [0.2, 0.25) is 5.28 Å². The third-order valence-corrected chi connectivity index (χ3v) is 3.78. The summed E-state index contributed by atoms with van der Waals surface area (Å²) in [5.41, 5.74) is 1.80. The summed E-state index contributed by atoms with van der Waals surface area (Å²) in [5, 5.41) is 9.50. The van der Waals surface area contributed by atoms with Crippen LogP contribution in [0.5, 0.6) is 0 Å². The first-order valence-corrected chi connectivity index (χ1v) is 8.32. The van der Waals surface area contributed by atoms with Crippen LogP contribution in [-0.4, -0.2) is 42.5 Å². The minimum absolute atomic E-state index is 0.0230. The topological polar surface area (TPSA) is 135 Å². The number of carbonyl (C=O) groups excluding carboxylic acids is 1. The Bertz CT molecular complexity index is 1080. The first kappa shape index (κ1) is 16.9. The molecule has 3 aromatic heterocycles. The van der Waals surface area contributed by atoms with E-state index in [1.54, 1.807) is 0 Å².